The van der Waals surface area contributed by atoms with Crippen LogP contribution >= 0.6 is 22.6 Å². The van der Waals surface area contributed by atoms with E-state index >= 15 is 0 Å². The van der Waals surface area contributed by atoms with Crippen molar-refractivity contribution in [3.63, 3.8) is 0 Å². The highest BCUT2D eigenvalue weighted by Gasteiger charge is 2.27. The first kappa shape index (κ1) is 10.7. The molecule has 1 aromatic rings. The van der Waals surface area contributed by atoms with Crippen LogP contribution in [0.25, 0.3) is 0 Å². The zero-order chi connectivity index (χ0) is 9.90. The van der Waals surface area contributed by atoms with Gasteiger partial charge in [0.25, 0.3) is 5.89 Å². The molecule has 0 spiro atoms. The van der Waals surface area contributed by atoms with Crippen molar-refractivity contribution < 1.29 is 22.4 Å². The van der Waals surface area contributed by atoms with Crippen LogP contribution in [0.4, 0.5) is 13.2 Å². The van der Waals surface area contributed by atoms with Gasteiger partial charge in [-0.15, -0.1) is 0 Å². The van der Waals surface area contributed by atoms with Crippen LogP contribution in [0.15, 0.2) is 4.52 Å². The van der Waals surface area contributed by atoms with Gasteiger partial charge in [0.1, 0.15) is 13.2 Å². The minimum absolute atomic E-state index is 0.0358. The van der Waals surface area contributed by atoms with Crippen molar-refractivity contribution in [3.8, 4) is 0 Å². The molecule has 1 aromatic heterocycles. The van der Waals surface area contributed by atoms with Crippen molar-refractivity contribution in [3.05, 3.63) is 9.72 Å². The Hall–Kier alpha value is -0.380. The normalized spacial score (nSPS) is 12.0. The van der Waals surface area contributed by atoms with Crippen LogP contribution in [0.2, 0.25) is 0 Å². The molecular formula is C5H4F3IN2O2. The second kappa shape index (κ2) is 4.22. The number of halogens is 4. The van der Waals surface area contributed by atoms with Gasteiger partial charge in [-0.05, 0) is 0 Å². The van der Waals surface area contributed by atoms with Crippen LogP contribution in [-0.2, 0) is 11.3 Å². The number of aromatic nitrogens is 2. The van der Waals surface area contributed by atoms with Crippen molar-refractivity contribution in [1.29, 1.82) is 0 Å². The molecule has 8 heteroatoms. The van der Waals surface area contributed by atoms with Crippen LogP contribution < -0.4 is 0 Å². The van der Waals surface area contributed by atoms with Gasteiger partial charge < -0.3 is 9.26 Å². The molecule has 1 rings (SSSR count). The predicted octanol–water partition coefficient (Wildman–Crippen LogP) is 1.75. The Morgan fingerprint density at radius 3 is 2.62 bits per heavy atom. The Morgan fingerprint density at radius 1 is 1.46 bits per heavy atom. The molecular weight excluding hydrogens is 304 g/mol. The van der Waals surface area contributed by atoms with Gasteiger partial charge in [0.05, 0.1) is 0 Å². The van der Waals surface area contributed by atoms with Gasteiger partial charge in [-0.3, -0.25) is 0 Å². The molecule has 0 amide bonds. The lowest BCUT2D eigenvalue weighted by Crippen LogP contribution is -2.16. The van der Waals surface area contributed by atoms with E-state index in [0.29, 0.717) is 3.83 Å². The highest BCUT2D eigenvalue weighted by atomic mass is 127. The Morgan fingerprint density at radius 2 is 2.15 bits per heavy atom. The fraction of sp³-hybridized carbons (Fsp3) is 0.600. The van der Waals surface area contributed by atoms with Gasteiger partial charge in [0.15, 0.2) is 0 Å². The van der Waals surface area contributed by atoms with E-state index in [-0.39, 0.29) is 12.5 Å². The molecule has 0 N–H and O–H groups in total. The SMILES string of the molecule is FC(F)(F)COCc1nc(I)no1. The van der Waals surface area contributed by atoms with Crippen molar-refractivity contribution >= 4 is 22.6 Å². The molecule has 1 heterocycles. The summed E-state index contributed by atoms with van der Waals surface area (Å²) in [6.07, 6.45) is -4.33. The minimum Gasteiger partial charge on any atom is -0.362 e. The smallest absolute Gasteiger partial charge is 0.362 e. The van der Waals surface area contributed by atoms with E-state index in [9.17, 15) is 13.2 Å². The molecule has 0 saturated carbocycles. The van der Waals surface area contributed by atoms with Crippen LogP contribution in [0.1, 0.15) is 5.89 Å². The average Bonchev–Trinajstić information content (AvgIpc) is 2.33. The summed E-state index contributed by atoms with van der Waals surface area (Å²) in [5.74, 6) is 0.0358. The number of alkyl halides is 3. The van der Waals surface area contributed by atoms with E-state index in [1.807, 2.05) is 0 Å². The summed E-state index contributed by atoms with van der Waals surface area (Å²) in [5, 5.41) is 3.37. The highest BCUT2D eigenvalue weighted by Crippen LogP contribution is 2.15. The third-order valence-corrected chi connectivity index (χ3v) is 1.37. The van der Waals surface area contributed by atoms with Gasteiger partial charge in [0.2, 0.25) is 3.83 Å². The van der Waals surface area contributed by atoms with Crippen molar-refractivity contribution in [2.75, 3.05) is 6.61 Å². The molecule has 74 valence electrons. The van der Waals surface area contributed by atoms with Crippen LogP contribution in [0, 0.1) is 3.83 Å². The van der Waals surface area contributed by atoms with E-state index in [0.717, 1.165) is 0 Å². The standard InChI is InChI=1S/C5H4F3IN2O2/c6-5(7,8)2-12-1-3-10-4(9)11-13-3/h1-2H2. The third kappa shape index (κ3) is 4.41. The van der Waals surface area contributed by atoms with Crippen LogP contribution in [0.5, 0.6) is 0 Å². The molecule has 0 saturated heterocycles. The number of nitrogens with zero attached hydrogens (tertiary/aromatic N) is 2. The van der Waals surface area contributed by atoms with E-state index < -0.39 is 12.8 Å². The van der Waals surface area contributed by atoms with E-state index in [4.69, 9.17) is 0 Å². The maximum absolute atomic E-state index is 11.6. The number of rotatable bonds is 3. The average molecular weight is 308 g/mol. The first-order valence-electron chi connectivity index (χ1n) is 3.10. The second-order valence-electron chi connectivity index (χ2n) is 2.07. The quantitative estimate of drug-likeness (QED) is 0.798. The zero-order valence-corrected chi connectivity index (χ0v) is 8.29. The molecule has 13 heavy (non-hydrogen) atoms. The molecule has 0 fully saturated rings. The topological polar surface area (TPSA) is 48.2 Å². The number of ether oxygens (including phenoxy) is 1. The Kier molecular flexibility index (Phi) is 3.47. The van der Waals surface area contributed by atoms with Gasteiger partial charge >= 0.3 is 6.18 Å². The van der Waals surface area contributed by atoms with Crippen LogP contribution in [0.3, 0.4) is 0 Å². The Balaban J connectivity index is 2.28. The molecule has 0 aliphatic carbocycles. The van der Waals surface area contributed by atoms with Crippen molar-refractivity contribution in [2.45, 2.75) is 12.8 Å². The van der Waals surface area contributed by atoms with E-state index in [1.54, 1.807) is 22.6 Å². The summed E-state index contributed by atoms with van der Waals surface area (Å²) in [7, 11) is 0. The van der Waals surface area contributed by atoms with Gasteiger partial charge in [-0.2, -0.15) is 18.2 Å². The van der Waals surface area contributed by atoms with Crippen molar-refractivity contribution in [2.24, 2.45) is 0 Å². The lowest BCUT2D eigenvalue weighted by molar-refractivity contribution is -0.178. The first-order chi connectivity index (χ1) is 5.97. The molecule has 0 atom stereocenters. The van der Waals surface area contributed by atoms with Crippen LogP contribution in [-0.4, -0.2) is 22.9 Å². The summed E-state index contributed by atoms with van der Waals surface area (Å²) < 4.78 is 43.8. The molecule has 0 unspecified atom stereocenters. The zero-order valence-electron chi connectivity index (χ0n) is 6.14. The first-order valence-corrected chi connectivity index (χ1v) is 4.18. The minimum atomic E-state index is -4.33. The fourth-order valence-corrected chi connectivity index (χ4v) is 0.914. The van der Waals surface area contributed by atoms with E-state index in [2.05, 4.69) is 19.4 Å². The molecule has 0 aliphatic heterocycles. The van der Waals surface area contributed by atoms with E-state index in [1.165, 1.54) is 0 Å². The maximum atomic E-state index is 11.6. The summed E-state index contributed by atoms with van der Waals surface area (Å²) in [6, 6.07) is 0. The summed E-state index contributed by atoms with van der Waals surface area (Å²) in [6.45, 7) is -1.64. The summed E-state index contributed by atoms with van der Waals surface area (Å²) in [4.78, 5) is 3.65. The molecule has 0 aliphatic rings. The lowest BCUT2D eigenvalue weighted by Gasteiger charge is -2.04. The van der Waals surface area contributed by atoms with Gasteiger partial charge in [0, 0.05) is 22.6 Å². The number of hydrogen-bond donors (Lipinski definition) is 0. The van der Waals surface area contributed by atoms with Gasteiger partial charge in [-0.25, -0.2) is 0 Å². The molecule has 0 radical (unpaired) electrons. The highest BCUT2D eigenvalue weighted by molar-refractivity contribution is 14.1. The monoisotopic (exact) mass is 308 g/mol. The van der Waals surface area contributed by atoms with Crippen molar-refractivity contribution in [1.82, 2.24) is 10.1 Å². The lowest BCUT2D eigenvalue weighted by atomic mass is 10.6. The largest absolute Gasteiger partial charge is 0.411 e. The van der Waals surface area contributed by atoms with Gasteiger partial charge in [-0.1, -0.05) is 5.16 Å². The molecule has 0 bridgehead atoms. The molecule has 4 nitrogen and oxygen atoms in total. The predicted molar refractivity (Wildman–Crippen MR) is 42.7 cm³/mol. The Labute approximate surface area is 84.6 Å². The second-order valence-corrected chi connectivity index (χ2v) is 3.03. The summed E-state index contributed by atoms with van der Waals surface area (Å²) >= 11 is 1.77. The molecule has 0 aromatic carbocycles. The summed E-state index contributed by atoms with van der Waals surface area (Å²) in [5.41, 5.74) is 0. The number of hydrogen-bond acceptors (Lipinski definition) is 4. The Bertz CT molecular complexity index is 275. The third-order valence-electron chi connectivity index (χ3n) is 0.935. The maximum Gasteiger partial charge on any atom is 0.411 e. The fourth-order valence-electron chi connectivity index (χ4n) is 0.547.